The van der Waals surface area contributed by atoms with Crippen LogP contribution in [-0.2, 0) is 6.42 Å². The zero-order valence-corrected chi connectivity index (χ0v) is 10.3. The lowest BCUT2D eigenvalue weighted by Crippen LogP contribution is -2.04. The molecule has 0 unspecified atom stereocenters. The summed E-state index contributed by atoms with van der Waals surface area (Å²) in [4.78, 5) is 3.98. The number of hydrogen-bond donors (Lipinski definition) is 3. The van der Waals surface area contributed by atoms with Gasteiger partial charge in [-0.3, -0.25) is 0 Å². The number of rotatable bonds is 6. The molecule has 6 heteroatoms. The van der Waals surface area contributed by atoms with Gasteiger partial charge in [-0.1, -0.05) is 6.07 Å². The van der Waals surface area contributed by atoms with Crippen molar-refractivity contribution in [1.82, 2.24) is 15.2 Å². The van der Waals surface area contributed by atoms with Crippen molar-refractivity contribution >= 4 is 11.6 Å². The first-order valence-electron chi connectivity index (χ1n) is 5.81. The maximum atomic E-state index is 5.85. The predicted molar refractivity (Wildman–Crippen MR) is 70.6 cm³/mol. The van der Waals surface area contributed by atoms with Crippen molar-refractivity contribution in [3.8, 4) is 5.75 Å². The number of methoxy groups -OCH3 is 1. The minimum absolute atomic E-state index is 0.679. The molecule has 4 N–H and O–H groups in total. The Morgan fingerprint density at radius 3 is 3.00 bits per heavy atom. The molecule has 0 saturated carbocycles. The van der Waals surface area contributed by atoms with E-state index in [0.29, 0.717) is 11.6 Å². The fraction of sp³-hybridized carbons (Fsp3) is 0.333. The molecule has 18 heavy (non-hydrogen) atoms. The molecule has 96 valence electrons. The minimum Gasteiger partial charge on any atom is -0.495 e. The Morgan fingerprint density at radius 2 is 2.33 bits per heavy atom. The van der Waals surface area contributed by atoms with Crippen LogP contribution in [0.15, 0.2) is 24.5 Å². The Morgan fingerprint density at radius 1 is 1.44 bits per heavy atom. The molecule has 0 atom stereocenters. The smallest absolute Gasteiger partial charge is 0.218 e. The third kappa shape index (κ3) is 3.13. The van der Waals surface area contributed by atoms with Crippen LogP contribution < -0.4 is 15.8 Å². The monoisotopic (exact) mass is 247 g/mol. The van der Waals surface area contributed by atoms with Crippen LogP contribution in [-0.4, -0.2) is 28.8 Å². The van der Waals surface area contributed by atoms with E-state index in [4.69, 9.17) is 10.5 Å². The number of anilines is 2. The second-order valence-corrected chi connectivity index (χ2v) is 3.94. The van der Waals surface area contributed by atoms with Crippen molar-refractivity contribution in [2.75, 3.05) is 24.7 Å². The number of benzene rings is 1. The molecule has 6 nitrogen and oxygen atoms in total. The van der Waals surface area contributed by atoms with Crippen LogP contribution in [0.2, 0.25) is 0 Å². The van der Waals surface area contributed by atoms with Crippen molar-refractivity contribution in [3.05, 3.63) is 30.1 Å². The molecule has 1 aromatic carbocycles. The fourth-order valence-electron chi connectivity index (χ4n) is 1.73. The number of ether oxygens (including phenoxy) is 1. The van der Waals surface area contributed by atoms with Crippen molar-refractivity contribution in [1.29, 1.82) is 0 Å². The highest BCUT2D eigenvalue weighted by Crippen LogP contribution is 2.22. The highest BCUT2D eigenvalue weighted by molar-refractivity contribution is 5.54. The highest BCUT2D eigenvalue weighted by atomic mass is 16.5. The van der Waals surface area contributed by atoms with Crippen LogP contribution in [0.5, 0.6) is 5.75 Å². The molecule has 0 radical (unpaired) electrons. The van der Waals surface area contributed by atoms with Crippen molar-refractivity contribution < 1.29 is 4.74 Å². The van der Waals surface area contributed by atoms with Crippen LogP contribution in [0.1, 0.15) is 12.0 Å². The van der Waals surface area contributed by atoms with Gasteiger partial charge in [0.25, 0.3) is 0 Å². The summed E-state index contributed by atoms with van der Waals surface area (Å²) in [5.74, 6) is 1.42. The van der Waals surface area contributed by atoms with E-state index < -0.39 is 0 Å². The summed E-state index contributed by atoms with van der Waals surface area (Å²) in [6.07, 6.45) is 3.42. The largest absolute Gasteiger partial charge is 0.495 e. The van der Waals surface area contributed by atoms with Crippen molar-refractivity contribution in [3.63, 3.8) is 0 Å². The maximum Gasteiger partial charge on any atom is 0.218 e. The van der Waals surface area contributed by atoms with Gasteiger partial charge in [0.05, 0.1) is 12.8 Å². The summed E-state index contributed by atoms with van der Waals surface area (Å²) in [6, 6.07) is 5.88. The minimum atomic E-state index is 0.679. The second kappa shape index (κ2) is 5.90. The lowest BCUT2D eigenvalue weighted by molar-refractivity contribution is 0.417. The van der Waals surface area contributed by atoms with Gasteiger partial charge < -0.3 is 15.8 Å². The number of nitrogens with zero attached hydrogens (tertiary/aromatic N) is 2. The molecule has 0 bridgehead atoms. The maximum absolute atomic E-state index is 5.85. The van der Waals surface area contributed by atoms with E-state index >= 15 is 0 Å². The molecular weight excluding hydrogens is 230 g/mol. The normalized spacial score (nSPS) is 10.3. The summed E-state index contributed by atoms with van der Waals surface area (Å²) in [5.41, 5.74) is 7.73. The van der Waals surface area contributed by atoms with E-state index in [2.05, 4.69) is 20.5 Å². The van der Waals surface area contributed by atoms with E-state index in [1.165, 1.54) is 11.9 Å². The van der Waals surface area contributed by atoms with Gasteiger partial charge in [0, 0.05) is 6.54 Å². The van der Waals surface area contributed by atoms with Gasteiger partial charge in [-0.05, 0) is 30.5 Å². The molecule has 2 aromatic rings. The summed E-state index contributed by atoms with van der Waals surface area (Å²) < 4.78 is 5.12. The number of H-pyrrole nitrogens is 1. The van der Waals surface area contributed by atoms with Gasteiger partial charge in [-0.15, -0.1) is 0 Å². The lowest BCUT2D eigenvalue weighted by Gasteiger charge is -2.07. The average molecular weight is 247 g/mol. The van der Waals surface area contributed by atoms with E-state index in [0.717, 1.165) is 25.1 Å². The number of nitrogens with one attached hydrogen (secondary N) is 2. The molecule has 1 heterocycles. The molecule has 2 rings (SSSR count). The molecule has 0 fully saturated rings. The van der Waals surface area contributed by atoms with Crippen LogP contribution in [0.3, 0.4) is 0 Å². The van der Waals surface area contributed by atoms with Gasteiger partial charge in [0.2, 0.25) is 5.95 Å². The molecule has 0 aliphatic rings. The molecule has 0 aliphatic heterocycles. The fourth-order valence-corrected chi connectivity index (χ4v) is 1.73. The van der Waals surface area contributed by atoms with Gasteiger partial charge in [-0.2, -0.15) is 5.10 Å². The Balaban J connectivity index is 1.78. The zero-order chi connectivity index (χ0) is 12.8. The first kappa shape index (κ1) is 12.2. The first-order valence-corrected chi connectivity index (χ1v) is 5.81. The topological polar surface area (TPSA) is 88.8 Å². The second-order valence-electron chi connectivity index (χ2n) is 3.94. The third-order valence-electron chi connectivity index (χ3n) is 2.64. The summed E-state index contributed by atoms with van der Waals surface area (Å²) in [6.45, 7) is 0.834. The van der Waals surface area contributed by atoms with E-state index in [9.17, 15) is 0 Å². The van der Waals surface area contributed by atoms with Crippen LogP contribution in [0.25, 0.3) is 0 Å². The number of nitrogen functional groups attached to an aromatic ring is 1. The van der Waals surface area contributed by atoms with E-state index in [1.54, 1.807) is 7.11 Å². The molecule has 0 saturated heterocycles. The Kier molecular flexibility index (Phi) is 4.01. The molecular formula is C12H17N5O. The summed E-state index contributed by atoms with van der Waals surface area (Å²) >= 11 is 0. The summed E-state index contributed by atoms with van der Waals surface area (Å²) in [7, 11) is 1.62. The predicted octanol–water partition coefficient (Wildman–Crippen LogP) is 1.44. The highest BCUT2D eigenvalue weighted by Gasteiger charge is 2.01. The third-order valence-corrected chi connectivity index (χ3v) is 2.64. The van der Waals surface area contributed by atoms with Gasteiger partial charge in [0.1, 0.15) is 12.1 Å². The average Bonchev–Trinajstić information content (AvgIpc) is 2.88. The van der Waals surface area contributed by atoms with E-state index in [-0.39, 0.29) is 0 Å². The van der Waals surface area contributed by atoms with Crippen molar-refractivity contribution in [2.24, 2.45) is 0 Å². The van der Waals surface area contributed by atoms with Crippen molar-refractivity contribution in [2.45, 2.75) is 12.8 Å². The molecule has 1 aromatic heterocycles. The number of aromatic amines is 1. The molecule has 0 aliphatic carbocycles. The Bertz CT molecular complexity index is 483. The SMILES string of the molecule is COc1ccc(CCCNc2ncn[nH]2)cc1N. The Labute approximate surface area is 106 Å². The van der Waals surface area contributed by atoms with Crippen LogP contribution >= 0.6 is 0 Å². The van der Waals surface area contributed by atoms with Crippen LogP contribution in [0.4, 0.5) is 11.6 Å². The zero-order valence-electron chi connectivity index (χ0n) is 10.3. The summed E-state index contributed by atoms with van der Waals surface area (Å²) in [5, 5.41) is 9.66. The standard InChI is InChI=1S/C12H17N5O/c1-18-11-5-4-9(7-10(11)13)3-2-6-14-12-15-8-16-17-12/h4-5,7-8H,2-3,6,13H2,1H3,(H2,14,15,16,17). The quantitative estimate of drug-likeness (QED) is 0.531. The number of aromatic nitrogens is 3. The van der Waals surface area contributed by atoms with Crippen LogP contribution in [0, 0.1) is 0 Å². The number of nitrogens with two attached hydrogens (primary N) is 1. The lowest BCUT2D eigenvalue weighted by atomic mass is 10.1. The molecule has 0 spiro atoms. The van der Waals surface area contributed by atoms with E-state index in [1.807, 2.05) is 18.2 Å². The number of aryl methyl sites for hydroxylation is 1. The Hall–Kier alpha value is -2.24. The molecule has 0 amide bonds. The van der Waals surface area contributed by atoms with Gasteiger partial charge >= 0.3 is 0 Å². The van der Waals surface area contributed by atoms with Gasteiger partial charge in [0.15, 0.2) is 0 Å². The van der Waals surface area contributed by atoms with Gasteiger partial charge in [-0.25, -0.2) is 10.1 Å². The first-order chi connectivity index (χ1) is 8.79. The number of hydrogen-bond acceptors (Lipinski definition) is 5.